The van der Waals surface area contributed by atoms with Crippen molar-refractivity contribution in [1.29, 1.82) is 0 Å². The number of phenols is 1. The van der Waals surface area contributed by atoms with Crippen LogP contribution in [0.3, 0.4) is 0 Å². The molecule has 7 nitrogen and oxygen atoms in total. The minimum Gasteiger partial charge on any atom is -0.508 e. The van der Waals surface area contributed by atoms with Crippen LogP contribution in [0.25, 0.3) is 22.3 Å². The third-order valence-electron chi connectivity index (χ3n) is 6.36. The highest BCUT2D eigenvalue weighted by Gasteiger charge is 2.39. The second-order valence-electron chi connectivity index (χ2n) is 8.47. The summed E-state index contributed by atoms with van der Waals surface area (Å²) in [5, 5.41) is 17.7. The summed E-state index contributed by atoms with van der Waals surface area (Å²) < 4.78 is 6.17. The highest BCUT2D eigenvalue weighted by molar-refractivity contribution is 6.07. The topological polar surface area (TPSA) is 91.3 Å². The van der Waals surface area contributed by atoms with E-state index in [9.17, 15) is 9.90 Å². The van der Waals surface area contributed by atoms with E-state index in [2.05, 4.69) is 15.2 Å². The lowest BCUT2D eigenvalue weighted by Gasteiger charge is -2.45. The number of aryl methyl sites for hydroxylation is 1. The number of nitrogens with zero attached hydrogens (tertiary/aromatic N) is 3. The molecule has 2 N–H and O–H groups in total. The third kappa shape index (κ3) is 3.33. The van der Waals surface area contributed by atoms with Crippen molar-refractivity contribution in [2.75, 3.05) is 19.7 Å². The van der Waals surface area contributed by atoms with Gasteiger partial charge in [0.05, 0.1) is 22.2 Å². The van der Waals surface area contributed by atoms with Crippen LogP contribution in [0.4, 0.5) is 0 Å². The van der Waals surface area contributed by atoms with Gasteiger partial charge in [-0.15, -0.1) is 0 Å². The fraction of sp³-hybridized carbons (Fsp3) is 0.435. The second-order valence-corrected chi connectivity index (χ2v) is 8.47. The molecule has 1 unspecified atom stereocenters. The smallest absolute Gasteiger partial charge is 0.254 e. The number of carbonyl (C=O) groups is 1. The molecule has 1 aromatic carbocycles. The number of aromatic nitrogens is 3. The van der Waals surface area contributed by atoms with Gasteiger partial charge in [-0.2, -0.15) is 5.10 Å². The molecule has 2 saturated heterocycles. The molecular formula is C23H26N4O3. The number of piperidine rings is 1. The molecule has 0 bridgehead atoms. The number of ether oxygens (including phenoxy) is 1. The monoisotopic (exact) mass is 406 g/mol. The van der Waals surface area contributed by atoms with E-state index in [1.807, 2.05) is 17.9 Å². The normalized spacial score (nSPS) is 22.0. The molecule has 2 aliphatic rings. The predicted molar refractivity (Wildman–Crippen MR) is 113 cm³/mol. The van der Waals surface area contributed by atoms with Gasteiger partial charge < -0.3 is 14.7 Å². The van der Waals surface area contributed by atoms with Gasteiger partial charge >= 0.3 is 0 Å². The Bertz CT molecular complexity index is 1080. The molecule has 30 heavy (non-hydrogen) atoms. The fourth-order valence-corrected chi connectivity index (χ4v) is 4.80. The summed E-state index contributed by atoms with van der Waals surface area (Å²) in [7, 11) is 0. The molecule has 5 rings (SSSR count). The van der Waals surface area contributed by atoms with E-state index in [4.69, 9.17) is 4.74 Å². The lowest BCUT2D eigenvalue weighted by Crippen LogP contribution is -2.53. The van der Waals surface area contributed by atoms with Crippen molar-refractivity contribution < 1.29 is 14.6 Å². The fourth-order valence-electron chi connectivity index (χ4n) is 4.80. The molecule has 4 heterocycles. The summed E-state index contributed by atoms with van der Waals surface area (Å²) in [6, 6.07) is 8.68. The number of likely N-dealkylation sites (tertiary alicyclic amines) is 1. The summed E-state index contributed by atoms with van der Waals surface area (Å²) >= 11 is 0. The molecule has 2 aromatic heterocycles. The van der Waals surface area contributed by atoms with Gasteiger partial charge in [0.2, 0.25) is 0 Å². The van der Waals surface area contributed by atoms with Crippen LogP contribution in [0, 0.1) is 6.92 Å². The van der Waals surface area contributed by atoms with Crippen molar-refractivity contribution in [1.82, 2.24) is 20.1 Å². The Kier molecular flexibility index (Phi) is 4.70. The predicted octanol–water partition coefficient (Wildman–Crippen LogP) is 3.81. The first-order valence-electron chi connectivity index (χ1n) is 10.6. The lowest BCUT2D eigenvalue weighted by molar-refractivity contribution is -0.110. The number of nitrogens with one attached hydrogen (secondary N) is 1. The Morgan fingerprint density at radius 1 is 1.20 bits per heavy atom. The average molecular weight is 406 g/mol. The van der Waals surface area contributed by atoms with Crippen LogP contribution in [0.5, 0.6) is 5.75 Å². The number of aromatic amines is 1. The van der Waals surface area contributed by atoms with Crippen molar-refractivity contribution in [3.05, 3.63) is 41.6 Å². The molecule has 3 aromatic rings. The first-order valence-corrected chi connectivity index (χ1v) is 10.6. The molecule has 7 heteroatoms. The Labute approximate surface area is 175 Å². The van der Waals surface area contributed by atoms with Crippen LogP contribution in [0.15, 0.2) is 30.3 Å². The molecule has 0 aliphatic carbocycles. The Morgan fingerprint density at radius 2 is 2.00 bits per heavy atom. The molecule has 0 saturated carbocycles. The first kappa shape index (κ1) is 19.1. The second kappa shape index (κ2) is 7.40. The molecule has 156 valence electrons. The summed E-state index contributed by atoms with van der Waals surface area (Å²) in [6.45, 7) is 4.07. The molecule has 1 atom stereocenters. The van der Waals surface area contributed by atoms with E-state index >= 15 is 0 Å². The van der Waals surface area contributed by atoms with Gasteiger partial charge in [0.25, 0.3) is 5.91 Å². The summed E-state index contributed by atoms with van der Waals surface area (Å²) in [6.07, 6.45) is 5.26. The van der Waals surface area contributed by atoms with Gasteiger partial charge in [-0.1, -0.05) is 0 Å². The quantitative estimate of drug-likeness (QED) is 0.675. The standard InChI is InChI=1S/C23H26N4O3/c1-15-20-18(22(29)27-11-4-10-23(14-27)9-2-3-12-30-23)13-19(24-21(20)26-25-15)16-5-7-17(28)8-6-16/h5-8,13,28H,2-4,9-12,14H2,1H3,(H,24,25,26). The number of hydrogen-bond donors (Lipinski definition) is 2. The van der Waals surface area contributed by atoms with Gasteiger partial charge in [-0.3, -0.25) is 9.89 Å². The molecular weight excluding hydrogens is 380 g/mol. The van der Waals surface area contributed by atoms with Crippen molar-refractivity contribution in [3.63, 3.8) is 0 Å². The zero-order valence-corrected chi connectivity index (χ0v) is 17.1. The number of amides is 1. The highest BCUT2D eigenvalue weighted by atomic mass is 16.5. The Balaban J connectivity index is 1.54. The van der Waals surface area contributed by atoms with Gasteiger partial charge in [-0.25, -0.2) is 4.98 Å². The van der Waals surface area contributed by atoms with Gasteiger partial charge in [0.15, 0.2) is 5.65 Å². The number of hydrogen-bond acceptors (Lipinski definition) is 5. The first-order chi connectivity index (χ1) is 14.5. The minimum atomic E-state index is -0.191. The number of carbonyl (C=O) groups excluding carboxylic acids is 1. The van der Waals surface area contributed by atoms with Crippen LogP contribution < -0.4 is 0 Å². The van der Waals surface area contributed by atoms with E-state index in [0.29, 0.717) is 23.4 Å². The summed E-state index contributed by atoms with van der Waals surface area (Å²) in [5.74, 6) is 0.193. The number of rotatable bonds is 2. The number of aromatic hydroxyl groups is 1. The van der Waals surface area contributed by atoms with E-state index in [-0.39, 0.29) is 17.3 Å². The third-order valence-corrected chi connectivity index (χ3v) is 6.36. The van der Waals surface area contributed by atoms with Crippen molar-refractivity contribution in [3.8, 4) is 17.0 Å². The van der Waals surface area contributed by atoms with Gasteiger partial charge in [0.1, 0.15) is 5.75 Å². The molecule has 2 fully saturated rings. The zero-order valence-electron chi connectivity index (χ0n) is 17.1. The van der Waals surface area contributed by atoms with Crippen molar-refractivity contribution in [2.45, 2.75) is 44.6 Å². The Morgan fingerprint density at radius 3 is 2.77 bits per heavy atom. The minimum absolute atomic E-state index is 0.000164. The van der Waals surface area contributed by atoms with Crippen LogP contribution in [-0.4, -0.2) is 56.4 Å². The van der Waals surface area contributed by atoms with Crippen LogP contribution >= 0.6 is 0 Å². The molecule has 2 aliphatic heterocycles. The van der Waals surface area contributed by atoms with Crippen molar-refractivity contribution in [2.24, 2.45) is 0 Å². The SMILES string of the molecule is Cc1[nH]nc2nc(-c3ccc(O)cc3)cc(C(=O)N3CCCC4(CCCCO4)C3)c12. The average Bonchev–Trinajstić information content (AvgIpc) is 3.14. The highest BCUT2D eigenvalue weighted by Crippen LogP contribution is 2.35. The number of fused-ring (bicyclic) bond motifs is 1. The van der Waals surface area contributed by atoms with Gasteiger partial charge in [0, 0.05) is 31.0 Å². The van der Waals surface area contributed by atoms with E-state index < -0.39 is 0 Å². The molecule has 1 spiro atoms. The van der Waals surface area contributed by atoms with E-state index in [1.54, 1.807) is 24.3 Å². The maximum atomic E-state index is 13.7. The van der Waals surface area contributed by atoms with Crippen LogP contribution in [0.2, 0.25) is 0 Å². The number of H-pyrrole nitrogens is 1. The molecule has 1 amide bonds. The largest absolute Gasteiger partial charge is 0.508 e. The lowest BCUT2D eigenvalue weighted by atomic mass is 9.85. The zero-order chi connectivity index (χ0) is 20.7. The maximum absolute atomic E-state index is 13.7. The number of phenolic OH excluding ortho intramolecular Hbond substituents is 1. The number of pyridine rings is 1. The van der Waals surface area contributed by atoms with Crippen molar-refractivity contribution >= 4 is 16.9 Å². The van der Waals surface area contributed by atoms with Gasteiger partial charge in [-0.05, 0) is 69.4 Å². The van der Waals surface area contributed by atoms with E-state index in [1.165, 1.54) is 0 Å². The molecule has 0 radical (unpaired) electrons. The summed E-state index contributed by atoms with van der Waals surface area (Å²) in [5.41, 5.74) is 3.28. The van der Waals surface area contributed by atoms with Crippen LogP contribution in [-0.2, 0) is 4.74 Å². The number of benzene rings is 1. The van der Waals surface area contributed by atoms with Crippen LogP contribution in [0.1, 0.15) is 48.2 Å². The maximum Gasteiger partial charge on any atom is 0.254 e. The van der Waals surface area contributed by atoms with E-state index in [0.717, 1.165) is 61.9 Å². The Hall–Kier alpha value is -2.93. The summed E-state index contributed by atoms with van der Waals surface area (Å²) in [4.78, 5) is 20.3.